The highest BCUT2D eigenvalue weighted by Crippen LogP contribution is 2.68. The Bertz CT molecular complexity index is 1910. The van der Waals surface area contributed by atoms with Crippen LogP contribution in [0.5, 0.6) is 5.75 Å². The quantitative estimate of drug-likeness (QED) is 0.272. The van der Waals surface area contributed by atoms with Gasteiger partial charge in [0.15, 0.2) is 6.61 Å². The van der Waals surface area contributed by atoms with Gasteiger partial charge in [-0.25, -0.2) is 8.78 Å². The van der Waals surface area contributed by atoms with Crippen LogP contribution in [-0.2, 0) is 14.4 Å². The molecule has 7 atom stereocenters. The number of ether oxygens (including phenoxy) is 1. The highest BCUT2D eigenvalue weighted by Gasteiger charge is 2.69. The second kappa shape index (κ2) is 10.7. The number of hydrogen-bond donors (Lipinski definition) is 2. The number of aromatic nitrogens is 1. The molecule has 1 aromatic heterocycles. The molecule has 8 rings (SSSR count). The number of thioether (sulfide) groups is 1. The Morgan fingerprint density at radius 3 is 2.36 bits per heavy atom. The molecule has 6 unspecified atom stereocenters. The summed E-state index contributed by atoms with van der Waals surface area (Å²) in [4.78, 5) is 57.7. The number of halogens is 2. The molecule has 3 amide bonds. The van der Waals surface area contributed by atoms with Crippen LogP contribution in [0.15, 0.2) is 82.6 Å². The van der Waals surface area contributed by atoms with Crippen molar-refractivity contribution in [1.29, 1.82) is 0 Å². The lowest BCUT2D eigenvalue weighted by Crippen LogP contribution is -2.42. The van der Waals surface area contributed by atoms with Gasteiger partial charge in [-0.05, 0) is 90.4 Å². The number of fused-ring (bicyclic) bond motifs is 9. The van der Waals surface area contributed by atoms with E-state index in [1.54, 1.807) is 17.8 Å². The maximum Gasteiger partial charge on any atom is 0.305 e. The zero-order valence-electron chi connectivity index (χ0n) is 23.4. The van der Waals surface area contributed by atoms with Crippen LogP contribution in [0.3, 0.4) is 0 Å². The molecule has 3 fully saturated rings. The van der Waals surface area contributed by atoms with Gasteiger partial charge in [0.2, 0.25) is 11.8 Å². The predicted octanol–water partition coefficient (Wildman–Crippen LogP) is 5.41. The van der Waals surface area contributed by atoms with Gasteiger partial charge in [0.05, 0.1) is 22.5 Å². The van der Waals surface area contributed by atoms with Crippen molar-refractivity contribution in [2.45, 2.75) is 22.6 Å². The number of imide groups is 1. The van der Waals surface area contributed by atoms with Crippen molar-refractivity contribution in [3.8, 4) is 5.75 Å². The summed E-state index contributed by atoms with van der Waals surface area (Å²) in [5, 5.41) is 3.47. The summed E-state index contributed by atoms with van der Waals surface area (Å²) in [5.74, 6) is -2.56. The number of hydrogen-bond acceptors (Lipinski definition) is 7. The van der Waals surface area contributed by atoms with E-state index in [-0.39, 0.29) is 52.2 Å². The van der Waals surface area contributed by atoms with E-state index in [9.17, 15) is 28.0 Å². The van der Waals surface area contributed by atoms with Crippen molar-refractivity contribution >= 4 is 52.2 Å². The molecule has 2 N–H and O–H groups in total. The molecule has 45 heavy (non-hydrogen) atoms. The summed E-state index contributed by atoms with van der Waals surface area (Å²) >= 11 is 2.76. The second-order valence-electron chi connectivity index (χ2n) is 11.9. The minimum absolute atomic E-state index is 0.00924. The third-order valence-corrected chi connectivity index (χ3v) is 12.1. The summed E-state index contributed by atoms with van der Waals surface area (Å²) in [6.07, 6.45) is 0.738. The van der Waals surface area contributed by atoms with Crippen molar-refractivity contribution in [2.24, 2.45) is 29.6 Å². The normalized spacial score (nSPS) is 27.7. The molecule has 2 aliphatic heterocycles. The fraction of sp³-hybridized carbons (Fsp3) is 0.273. The van der Waals surface area contributed by atoms with Crippen LogP contribution >= 0.6 is 23.1 Å². The fourth-order valence-corrected chi connectivity index (χ4v) is 10.8. The molecule has 3 aromatic carbocycles. The number of rotatable bonds is 6. The van der Waals surface area contributed by atoms with E-state index in [0.717, 1.165) is 33.2 Å². The monoisotopic (exact) mass is 645 g/mol. The standard InChI is InChI=1S/C33H25F2N3O5S2/c34-16-4-8-18(9-5-16)36-23(39)14-43-20-3-1-2-15(12-20)24-25-21-13-22(28(25)44-30-29(24)45-33(42)37-30)27-26(21)31(40)38(32(27)41)19-10-6-17(35)7-11-19/h1-12,21-22,24-28H,13-14H2,(H,36,39)(H,37,42)/t21?,22?,24-,25?,26?,27?,28?/m1/s1. The highest BCUT2D eigenvalue weighted by atomic mass is 32.2. The molecule has 0 spiro atoms. The van der Waals surface area contributed by atoms with Crippen molar-refractivity contribution in [3.63, 3.8) is 0 Å². The Labute approximate surface area is 263 Å². The fourth-order valence-electron chi connectivity index (χ4n) is 7.91. The van der Waals surface area contributed by atoms with Gasteiger partial charge in [0, 0.05) is 21.7 Å². The number of H-pyrrole nitrogens is 1. The minimum atomic E-state index is -0.483. The molecular weight excluding hydrogens is 621 g/mol. The van der Waals surface area contributed by atoms with Crippen LogP contribution in [0.1, 0.15) is 22.8 Å². The molecule has 4 aliphatic rings. The Balaban J connectivity index is 1.08. The lowest BCUT2D eigenvalue weighted by molar-refractivity contribution is -0.123. The predicted molar refractivity (Wildman–Crippen MR) is 164 cm³/mol. The highest BCUT2D eigenvalue weighted by molar-refractivity contribution is 8.00. The Hall–Kier alpha value is -4.29. The van der Waals surface area contributed by atoms with E-state index >= 15 is 0 Å². The molecule has 2 aliphatic carbocycles. The zero-order chi connectivity index (χ0) is 31.0. The smallest absolute Gasteiger partial charge is 0.305 e. The summed E-state index contributed by atoms with van der Waals surface area (Å²) in [6, 6.07) is 18.3. The van der Waals surface area contributed by atoms with Gasteiger partial charge in [-0.1, -0.05) is 23.5 Å². The van der Waals surface area contributed by atoms with Gasteiger partial charge in [0.25, 0.3) is 5.91 Å². The number of anilines is 2. The third kappa shape index (κ3) is 4.61. The van der Waals surface area contributed by atoms with Crippen LogP contribution in [0, 0.1) is 41.2 Å². The van der Waals surface area contributed by atoms with Crippen molar-refractivity contribution in [2.75, 3.05) is 16.8 Å². The van der Waals surface area contributed by atoms with Gasteiger partial charge in [-0.15, -0.1) is 11.8 Å². The molecule has 1 saturated heterocycles. The van der Waals surface area contributed by atoms with E-state index in [4.69, 9.17) is 4.74 Å². The van der Waals surface area contributed by atoms with E-state index in [0.29, 0.717) is 17.1 Å². The lowest BCUT2D eigenvalue weighted by atomic mass is 9.68. The molecule has 4 aromatic rings. The summed E-state index contributed by atoms with van der Waals surface area (Å²) in [6.45, 7) is -0.263. The maximum atomic E-state index is 13.9. The van der Waals surface area contributed by atoms with Crippen molar-refractivity contribution < 1.29 is 27.9 Å². The van der Waals surface area contributed by atoms with Crippen molar-refractivity contribution in [3.05, 3.63) is 105 Å². The third-order valence-electron chi connectivity index (χ3n) is 9.52. The maximum absolute atomic E-state index is 13.9. The largest absolute Gasteiger partial charge is 0.484 e. The van der Waals surface area contributed by atoms with Crippen LogP contribution in [0.25, 0.3) is 0 Å². The number of thiazole rings is 1. The van der Waals surface area contributed by atoms with Crippen LogP contribution in [-0.4, -0.2) is 34.6 Å². The number of carbonyl (C=O) groups excluding carboxylic acids is 3. The molecule has 0 radical (unpaired) electrons. The molecule has 12 heteroatoms. The molecule has 3 heterocycles. The average molecular weight is 646 g/mol. The first-order valence-electron chi connectivity index (χ1n) is 14.6. The number of benzene rings is 3. The first-order chi connectivity index (χ1) is 21.8. The van der Waals surface area contributed by atoms with E-state index in [2.05, 4.69) is 10.3 Å². The first-order valence-corrected chi connectivity index (χ1v) is 16.3. The number of amides is 3. The number of carbonyl (C=O) groups is 3. The van der Waals surface area contributed by atoms with E-state index in [1.165, 1.54) is 53.4 Å². The van der Waals surface area contributed by atoms with Crippen LogP contribution in [0.2, 0.25) is 0 Å². The SMILES string of the molecule is O=C(COc1cccc([C@H]2c3sc(=O)[nH]c3SC3C4CC(C5C(=O)N(c6ccc(F)cc6)C(=O)C45)C32)c1)Nc1ccc(F)cc1. The Kier molecular flexibility index (Phi) is 6.68. The average Bonchev–Trinajstić information content (AvgIpc) is 3.77. The lowest BCUT2D eigenvalue weighted by Gasteiger charge is -2.43. The van der Waals surface area contributed by atoms with E-state index < -0.39 is 29.4 Å². The van der Waals surface area contributed by atoms with E-state index in [1.807, 2.05) is 18.2 Å². The molecule has 8 nitrogen and oxygen atoms in total. The number of aromatic amines is 1. The molecule has 2 bridgehead atoms. The summed E-state index contributed by atoms with van der Waals surface area (Å²) < 4.78 is 32.7. The van der Waals surface area contributed by atoms with Gasteiger partial charge in [0.1, 0.15) is 17.4 Å². The van der Waals surface area contributed by atoms with Gasteiger partial charge < -0.3 is 15.0 Å². The summed E-state index contributed by atoms with van der Waals surface area (Å²) in [5.41, 5.74) is 1.73. The molecule has 2 saturated carbocycles. The Morgan fingerprint density at radius 2 is 1.62 bits per heavy atom. The number of nitrogens with zero attached hydrogens (tertiary/aromatic N) is 1. The Morgan fingerprint density at radius 1 is 0.933 bits per heavy atom. The zero-order valence-corrected chi connectivity index (χ0v) is 25.1. The van der Waals surface area contributed by atoms with Crippen molar-refractivity contribution in [1.82, 2.24) is 4.98 Å². The first kappa shape index (κ1) is 28.2. The van der Waals surface area contributed by atoms with Crippen LogP contribution < -0.4 is 19.8 Å². The van der Waals surface area contributed by atoms with Gasteiger partial charge >= 0.3 is 4.87 Å². The van der Waals surface area contributed by atoms with Gasteiger partial charge in [-0.3, -0.25) is 24.1 Å². The second-order valence-corrected chi connectivity index (χ2v) is 14.1. The topological polar surface area (TPSA) is 109 Å². The molecular formula is C33H25F2N3O5S2. The molecule has 228 valence electrons. The minimum Gasteiger partial charge on any atom is -0.484 e. The van der Waals surface area contributed by atoms with Crippen LogP contribution in [0.4, 0.5) is 20.2 Å². The van der Waals surface area contributed by atoms with Gasteiger partial charge in [-0.2, -0.15) is 0 Å². The number of nitrogens with one attached hydrogen (secondary N) is 2. The summed E-state index contributed by atoms with van der Waals surface area (Å²) in [7, 11) is 0.